The van der Waals surface area contributed by atoms with E-state index in [0.29, 0.717) is 0 Å². The Kier molecular flexibility index (Phi) is 3.99. The van der Waals surface area contributed by atoms with Gasteiger partial charge in [-0.1, -0.05) is 38.0 Å². The fourth-order valence-corrected chi connectivity index (χ4v) is 2.51. The lowest BCUT2D eigenvalue weighted by Crippen LogP contribution is -2.29. The van der Waals surface area contributed by atoms with Crippen molar-refractivity contribution >= 4 is 11.6 Å². The second-order valence-electron chi connectivity index (χ2n) is 4.67. The Morgan fingerprint density at radius 3 is 2.83 bits per heavy atom. The number of amides is 1. The van der Waals surface area contributed by atoms with Crippen LogP contribution in [0.3, 0.4) is 0 Å². The molecule has 0 spiro atoms. The molecular formula is C15H18N2O. The highest BCUT2D eigenvalue weighted by molar-refractivity contribution is 6.05. The first-order chi connectivity index (χ1) is 8.79. The molecule has 3 nitrogen and oxygen atoms in total. The van der Waals surface area contributed by atoms with Crippen LogP contribution < -0.4 is 4.90 Å². The predicted molar refractivity (Wildman–Crippen MR) is 71.3 cm³/mol. The van der Waals surface area contributed by atoms with Gasteiger partial charge >= 0.3 is 0 Å². The molecule has 0 bridgehead atoms. The molecule has 94 valence electrons. The van der Waals surface area contributed by atoms with Gasteiger partial charge in [0.1, 0.15) is 0 Å². The van der Waals surface area contributed by atoms with Crippen molar-refractivity contribution in [1.82, 2.24) is 0 Å². The summed E-state index contributed by atoms with van der Waals surface area (Å²) in [6, 6.07) is 9.96. The average molecular weight is 242 g/mol. The minimum Gasteiger partial charge on any atom is -0.312 e. The summed E-state index contributed by atoms with van der Waals surface area (Å²) in [6.07, 6.45) is 3.58. The lowest BCUT2D eigenvalue weighted by molar-refractivity contribution is -0.119. The number of benzene rings is 1. The first-order valence-corrected chi connectivity index (χ1v) is 6.56. The average Bonchev–Trinajstić information content (AvgIpc) is 2.65. The molecule has 1 atom stereocenters. The van der Waals surface area contributed by atoms with Crippen LogP contribution >= 0.6 is 0 Å². The lowest BCUT2D eigenvalue weighted by Gasteiger charge is -2.17. The third kappa shape index (κ3) is 2.24. The Labute approximate surface area is 108 Å². The summed E-state index contributed by atoms with van der Waals surface area (Å²) in [5, 5.41) is 8.85. The van der Waals surface area contributed by atoms with E-state index in [-0.39, 0.29) is 18.2 Å². The summed E-state index contributed by atoms with van der Waals surface area (Å²) in [5.41, 5.74) is 2.01. The van der Waals surface area contributed by atoms with Crippen LogP contribution in [0.4, 0.5) is 5.69 Å². The van der Waals surface area contributed by atoms with Gasteiger partial charge in [0, 0.05) is 12.2 Å². The number of hydrogen-bond donors (Lipinski definition) is 0. The molecule has 3 heteroatoms. The molecule has 1 aromatic rings. The van der Waals surface area contributed by atoms with Gasteiger partial charge in [-0.3, -0.25) is 4.79 Å². The molecule has 1 aromatic carbocycles. The summed E-state index contributed by atoms with van der Waals surface area (Å²) in [5.74, 6) is -0.165. The number of nitrogens with zero attached hydrogens (tertiary/aromatic N) is 2. The number of unbranched alkanes of at least 4 members (excludes halogenated alkanes) is 2. The fourth-order valence-electron chi connectivity index (χ4n) is 2.51. The fraction of sp³-hybridized carbons (Fsp3) is 0.467. The van der Waals surface area contributed by atoms with Crippen molar-refractivity contribution in [3.8, 4) is 6.07 Å². The van der Waals surface area contributed by atoms with E-state index in [1.807, 2.05) is 29.2 Å². The Balaban J connectivity index is 2.22. The molecule has 1 aliphatic rings. The number of anilines is 1. The smallest absolute Gasteiger partial charge is 0.235 e. The van der Waals surface area contributed by atoms with E-state index in [4.69, 9.17) is 5.26 Å². The summed E-state index contributed by atoms with van der Waals surface area (Å²) < 4.78 is 0. The van der Waals surface area contributed by atoms with Gasteiger partial charge in [-0.25, -0.2) is 0 Å². The molecule has 2 rings (SSSR count). The largest absolute Gasteiger partial charge is 0.312 e. The highest BCUT2D eigenvalue weighted by Crippen LogP contribution is 2.38. The van der Waals surface area contributed by atoms with Crippen molar-refractivity contribution in [2.45, 2.75) is 38.5 Å². The van der Waals surface area contributed by atoms with Gasteiger partial charge in [0.2, 0.25) is 5.91 Å². The third-order valence-corrected chi connectivity index (χ3v) is 3.45. The van der Waals surface area contributed by atoms with Crippen LogP contribution in [0.15, 0.2) is 24.3 Å². The van der Waals surface area contributed by atoms with E-state index < -0.39 is 0 Å². The zero-order valence-electron chi connectivity index (χ0n) is 10.7. The van der Waals surface area contributed by atoms with Crippen LogP contribution in [0.5, 0.6) is 0 Å². The summed E-state index contributed by atoms with van der Waals surface area (Å²) >= 11 is 0. The van der Waals surface area contributed by atoms with Crippen molar-refractivity contribution in [2.24, 2.45) is 0 Å². The number of rotatable bonds is 5. The van der Waals surface area contributed by atoms with Crippen LogP contribution in [0.25, 0.3) is 0 Å². The van der Waals surface area contributed by atoms with Crippen molar-refractivity contribution in [1.29, 1.82) is 5.26 Å². The predicted octanol–water partition coefficient (Wildman–Crippen LogP) is 3.22. The Morgan fingerprint density at radius 2 is 2.11 bits per heavy atom. The van der Waals surface area contributed by atoms with E-state index in [0.717, 1.165) is 37.1 Å². The van der Waals surface area contributed by atoms with Gasteiger partial charge in [0.25, 0.3) is 0 Å². The number of para-hydroxylation sites is 1. The van der Waals surface area contributed by atoms with Gasteiger partial charge in [-0.2, -0.15) is 5.26 Å². The summed E-state index contributed by atoms with van der Waals surface area (Å²) in [7, 11) is 0. The minimum atomic E-state index is -0.257. The number of nitriles is 1. The number of fused-ring (bicyclic) bond motifs is 1. The van der Waals surface area contributed by atoms with E-state index in [9.17, 15) is 4.79 Å². The molecule has 0 aliphatic carbocycles. The van der Waals surface area contributed by atoms with Crippen LogP contribution in [0.2, 0.25) is 0 Å². The first kappa shape index (κ1) is 12.6. The second-order valence-corrected chi connectivity index (χ2v) is 4.67. The van der Waals surface area contributed by atoms with Crippen LogP contribution in [-0.2, 0) is 4.79 Å². The SMILES string of the molecule is CCCCCN1C(=O)[C@@H](CC#N)c2ccccc21. The molecule has 0 fully saturated rings. The molecule has 0 radical (unpaired) electrons. The normalized spacial score (nSPS) is 17.7. The number of hydrogen-bond acceptors (Lipinski definition) is 2. The Morgan fingerprint density at radius 1 is 1.33 bits per heavy atom. The van der Waals surface area contributed by atoms with E-state index in [2.05, 4.69) is 13.0 Å². The Bertz CT molecular complexity index is 476. The zero-order valence-corrected chi connectivity index (χ0v) is 10.7. The molecule has 0 N–H and O–H groups in total. The van der Waals surface area contributed by atoms with Crippen molar-refractivity contribution in [3.63, 3.8) is 0 Å². The first-order valence-electron chi connectivity index (χ1n) is 6.56. The van der Waals surface area contributed by atoms with E-state index in [1.165, 1.54) is 0 Å². The lowest BCUT2D eigenvalue weighted by atomic mass is 9.98. The third-order valence-electron chi connectivity index (χ3n) is 3.45. The van der Waals surface area contributed by atoms with Gasteiger partial charge in [-0.15, -0.1) is 0 Å². The van der Waals surface area contributed by atoms with Crippen LogP contribution in [0, 0.1) is 11.3 Å². The molecular weight excluding hydrogens is 224 g/mol. The van der Waals surface area contributed by atoms with Gasteiger partial charge in [0.05, 0.1) is 18.4 Å². The molecule has 0 saturated carbocycles. The molecule has 0 saturated heterocycles. The monoisotopic (exact) mass is 242 g/mol. The molecule has 0 unspecified atom stereocenters. The maximum Gasteiger partial charge on any atom is 0.235 e. The minimum absolute atomic E-state index is 0.0915. The van der Waals surface area contributed by atoms with E-state index in [1.54, 1.807) is 0 Å². The van der Waals surface area contributed by atoms with Crippen molar-refractivity contribution in [3.05, 3.63) is 29.8 Å². The second kappa shape index (κ2) is 5.68. The highest BCUT2D eigenvalue weighted by Gasteiger charge is 2.36. The summed E-state index contributed by atoms with van der Waals surface area (Å²) in [6.45, 7) is 2.92. The number of carbonyl (C=O) groups is 1. The molecule has 18 heavy (non-hydrogen) atoms. The van der Waals surface area contributed by atoms with Crippen LogP contribution in [-0.4, -0.2) is 12.5 Å². The summed E-state index contributed by atoms with van der Waals surface area (Å²) in [4.78, 5) is 14.2. The quantitative estimate of drug-likeness (QED) is 0.744. The van der Waals surface area contributed by atoms with Crippen LogP contribution in [0.1, 0.15) is 44.1 Å². The van der Waals surface area contributed by atoms with Crippen molar-refractivity contribution in [2.75, 3.05) is 11.4 Å². The molecule has 1 aliphatic heterocycles. The highest BCUT2D eigenvalue weighted by atomic mass is 16.2. The number of carbonyl (C=O) groups excluding carboxylic acids is 1. The molecule has 0 aromatic heterocycles. The van der Waals surface area contributed by atoms with Crippen molar-refractivity contribution < 1.29 is 4.79 Å². The maximum atomic E-state index is 12.3. The maximum absolute atomic E-state index is 12.3. The van der Waals surface area contributed by atoms with E-state index >= 15 is 0 Å². The zero-order chi connectivity index (χ0) is 13.0. The topological polar surface area (TPSA) is 44.1 Å². The Hall–Kier alpha value is -1.82. The molecule has 1 heterocycles. The molecule has 1 amide bonds. The van der Waals surface area contributed by atoms with Gasteiger partial charge < -0.3 is 4.90 Å². The standard InChI is InChI=1S/C15H18N2O/c1-2-3-6-11-17-14-8-5-4-7-12(14)13(9-10-16)15(17)18/h4-5,7-8,13H,2-3,6,9,11H2,1H3/t13-/m0/s1. The van der Waals surface area contributed by atoms with Gasteiger partial charge in [0.15, 0.2) is 0 Å². The van der Waals surface area contributed by atoms with Gasteiger partial charge in [-0.05, 0) is 18.1 Å².